The van der Waals surface area contributed by atoms with Crippen molar-refractivity contribution >= 4 is 12.1 Å². The standard InChI is InChI=1S/C14H12F3N5O3/c15-14(16,17)9-3-1-8(2-4-9)7-18-21-11(23)6-5-10-12(24)19-13(25)22-20-10/h1-4,7H,5-6H2,(H,21,23)(H2,19,22,24,25)/b18-7-. The van der Waals surface area contributed by atoms with Gasteiger partial charge in [0.1, 0.15) is 5.69 Å². The van der Waals surface area contributed by atoms with Crippen molar-refractivity contribution in [2.75, 3.05) is 0 Å². The molecule has 0 bridgehead atoms. The fourth-order valence-electron chi connectivity index (χ4n) is 1.77. The Morgan fingerprint density at radius 2 is 1.92 bits per heavy atom. The molecule has 0 unspecified atom stereocenters. The van der Waals surface area contributed by atoms with Gasteiger partial charge in [0.25, 0.3) is 5.56 Å². The molecule has 1 amide bonds. The van der Waals surface area contributed by atoms with Crippen molar-refractivity contribution in [1.82, 2.24) is 20.6 Å². The van der Waals surface area contributed by atoms with E-state index in [1.165, 1.54) is 18.3 Å². The molecular formula is C14H12F3N5O3. The summed E-state index contributed by atoms with van der Waals surface area (Å²) < 4.78 is 37.2. The Kier molecular flexibility index (Phi) is 5.47. The monoisotopic (exact) mass is 355 g/mol. The van der Waals surface area contributed by atoms with Gasteiger partial charge in [-0.05, 0) is 17.7 Å². The first kappa shape index (κ1) is 18.1. The molecule has 0 saturated heterocycles. The van der Waals surface area contributed by atoms with Gasteiger partial charge < -0.3 is 0 Å². The summed E-state index contributed by atoms with van der Waals surface area (Å²) in [4.78, 5) is 35.7. The van der Waals surface area contributed by atoms with E-state index in [9.17, 15) is 27.6 Å². The Balaban J connectivity index is 1.86. The van der Waals surface area contributed by atoms with Crippen molar-refractivity contribution in [3.63, 3.8) is 0 Å². The van der Waals surface area contributed by atoms with E-state index in [4.69, 9.17) is 0 Å². The smallest absolute Gasteiger partial charge is 0.273 e. The molecule has 11 heteroatoms. The molecule has 0 saturated carbocycles. The summed E-state index contributed by atoms with van der Waals surface area (Å²) in [7, 11) is 0. The van der Waals surface area contributed by atoms with Gasteiger partial charge in [0.05, 0.1) is 11.8 Å². The van der Waals surface area contributed by atoms with Gasteiger partial charge in [-0.3, -0.25) is 14.6 Å². The highest BCUT2D eigenvalue weighted by Crippen LogP contribution is 2.28. The molecule has 0 aliphatic carbocycles. The number of H-pyrrole nitrogens is 2. The molecule has 0 aliphatic heterocycles. The molecule has 3 N–H and O–H groups in total. The average molecular weight is 355 g/mol. The lowest BCUT2D eigenvalue weighted by molar-refractivity contribution is -0.137. The zero-order chi connectivity index (χ0) is 18.4. The second-order valence-electron chi connectivity index (χ2n) is 4.87. The Morgan fingerprint density at radius 1 is 1.24 bits per heavy atom. The molecule has 1 heterocycles. The Bertz CT molecular complexity index is 884. The second-order valence-corrected chi connectivity index (χ2v) is 4.87. The number of alkyl halides is 3. The molecule has 2 aromatic rings. The van der Waals surface area contributed by atoms with E-state index >= 15 is 0 Å². The third-order valence-corrected chi connectivity index (χ3v) is 3.01. The number of hydrogen-bond donors (Lipinski definition) is 3. The van der Waals surface area contributed by atoms with E-state index in [2.05, 4.69) is 15.6 Å². The lowest BCUT2D eigenvalue weighted by Gasteiger charge is -2.05. The van der Waals surface area contributed by atoms with Crippen LogP contribution in [0.1, 0.15) is 23.2 Å². The number of benzene rings is 1. The van der Waals surface area contributed by atoms with Gasteiger partial charge in [-0.1, -0.05) is 12.1 Å². The number of carbonyl (C=O) groups is 1. The van der Waals surface area contributed by atoms with Crippen LogP contribution in [-0.2, 0) is 17.4 Å². The van der Waals surface area contributed by atoms with Crippen molar-refractivity contribution in [1.29, 1.82) is 0 Å². The van der Waals surface area contributed by atoms with Crippen LogP contribution >= 0.6 is 0 Å². The maximum Gasteiger partial charge on any atom is 0.416 e. The third-order valence-electron chi connectivity index (χ3n) is 3.01. The van der Waals surface area contributed by atoms with Crippen LogP contribution in [0.3, 0.4) is 0 Å². The third kappa shape index (κ3) is 5.41. The first-order valence-electron chi connectivity index (χ1n) is 6.93. The van der Waals surface area contributed by atoms with Crippen molar-refractivity contribution in [3.05, 3.63) is 61.9 Å². The predicted molar refractivity (Wildman–Crippen MR) is 81.0 cm³/mol. The van der Waals surface area contributed by atoms with Gasteiger partial charge in [-0.2, -0.15) is 23.4 Å². The van der Waals surface area contributed by atoms with Gasteiger partial charge in [0.2, 0.25) is 5.91 Å². The molecular weight excluding hydrogens is 343 g/mol. The molecule has 0 atom stereocenters. The molecule has 0 aliphatic rings. The predicted octanol–water partition coefficient (Wildman–Crippen LogP) is 0.560. The van der Waals surface area contributed by atoms with Crippen molar-refractivity contribution in [2.45, 2.75) is 19.0 Å². The number of rotatable bonds is 5. The fourth-order valence-corrected chi connectivity index (χ4v) is 1.77. The van der Waals surface area contributed by atoms with Crippen LogP contribution in [0.4, 0.5) is 13.2 Å². The molecule has 25 heavy (non-hydrogen) atoms. The zero-order valence-electron chi connectivity index (χ0n) is 12.6. The van der Waals surface area contributed by atoms with Crippen molar-refractivity contribution < 1.29 is 18.0 Å². The number of carbonyl (C=O) groups excluding carboxylic acids is 1. The first-order valence-corrected chi connectivity index (χ1v) is 6.93. The minimum atomic E-state index is -4.42. The number of aromatic amines is 2. The van der Waals surface area contributed by atoms with E-state index in [-0.39, 0.29) is 18.5 Å². The lowest BCUT2D eigenvalue weighted by atomic mass is 10.1. The summed E-state index contributed by atoms with van der Waals surface area (Å²) >= 11 is 0. The largest absolute Gasteiger partial charge is 0.416 e. The number of hydrazone groups is 1. The second kappa shape index (κ2) is 7.55. The SMILES string of the molecule is O=C(CCc1n[nH]c(=O)[nH]c1=O)N/N=C\c1ccc(C(F)(F)F)cc1. The number of aromatic nitrogens is 3. The number of halogens is 3. The molecule has 8 nitrogen and oxygen atoms in total. The van der Waals surface area contributed by atoms with E-state index in [0.29, 0.717) is 5.56 Å². The molecule has 1 aromatic heterocycles. The van der Waals surface area contributed by atoms with Crippen LogP contribution in [0.5, 0.6) is 0 Å². The summed E-state index contributed by atoms with van der Waals surface area (Å²) in [6, 6.07) is 4.22. The van der Waals surface area contributed by atoms with Crippen LogP contribution in [0.2, 0.25) is 0 Å². The van der Waals surface area contributed by atoms with Crippen LogP contribution < -0.4 is 16.7 Å². The zero-order valence-corrected chi connectivity index (χ0v) is 12.6. The minimum Gasteiger partial charge on any atom is -0.273 e. The normalized spacial score (nSPS) is 11.6. The Labute approximate surface area is 137 Å². The molecule has 1 aromatic carbocycles. The quantitative estimate of drug-likeness (QED) is 0.536. The molecule has 2 rings (SSSR count). The first-order chi connectivity index (χ1) is 11.8. The highest BCUT2D eigenvalue weighted by molar-refractivity contribution is 5.82. The van der Waals surface area contributed by atoms with Gasteiger partial charge >= 0.3 is 11.9 Å². The lowest BCUT2D eigenvalue weighted by Crippen LogP contribution is -2.28. The summed E-state index contributed by atoms with van der Waals surface area (Å²) in [5, 5.41) is 9.17. The van der Waals surface area contributed by atoms with Crippen molar-refractivity contribution in [2.24, 2.45) is 5.10 Å². The molecule has 0 radical (unpaired) electrons. The van der Waals surface area contributed by atoms with Crippen molar-refractivity contribution in [3.8, 4) is 0 Å². The molecule has 0 spiro atoms. The average Bonchev–Trinajstić information content (AvgIpc) is 2.53. The fraction of sp³-hybridized carbons (Fsp3) is 0.214. The maximum atomic E-state index is 12.4. The Morgan fingerprint density at radius 3 is 2.52 bits per heavy atom. The van der Waals surface area contributed by atoms with Crippen LogP contribution in [0, 0.1) is 0 Å². The number of hydrogen-bond acceptors (Lipinski definition) is 5. The van der Waals surface area contributed by atoms with Gasteiger partial charge in [-0.15, -0.1) is 0 Å². The summed E-state index contributed by atoms with van der Waals surface area (Å²) in [6.07, 6.45) is -3.37. The number of nitrogens with zero attached hydrogens (tertiary/aromatic N) is 2. The highest BCUT2D eigenvalue weighted by atomic mass is 19.4. The summed E-state index contributed by atoms with van der Waals surface area (Å²) in [5.41, 5.74) is 0.303. The van der Waals surface area contributed by atoms with Gasteiger partial charge in [-0.25, -0.2) is 15.3 Å². The Hall–Kier alpha value is -3.24. The van der Waals surface area contributed by atoms with Crippen LogP contribution in [-0.4, -0.2) is 27.3 Å². The summed E-state index contributed by atoms with van der Waals surface area (Å²) in [6.45, 7) is 0. The van der Waals surface area contributed by atoms with Crippen LogP contribution in [0.15, 0.2) is 39.0 Å². The van der Waals surface area contributed by atoms with E-state index < -0.39 is 28.9 Å². The summed E-state index contributed by atoms with van der Waals surface area (Å²) in [5.74, 6) is -0.532. The van der Waals surface area contributed by atoms with Gasteiger partial charge in [0, 0.05) is 12.8 Å². The van der Waals surface area contributed by atoms with E-state index in [1.54, 1.807) is 0 Å². The van der Waals surface area contributed by atoms with E-state index in [1.807, 2.05) is 10.1 Å². The minimum absolute atomic E-state index is 0.0125. The highest BCUT2D eigenvalue weighted by Gasteiger charge is 2.29. The maximum absolute atomic E-state index is 12.4. The van der Waals surface area contributed by atoms with Gasteiger partial charge in [0.15, 0.2) is 0 Å². The number of aryl methyl sites for hydroxylation is 1. The number of nitrogens with one attached hydrogen (secondary N) is 3. The van der Waals surface area contributed by atoms with Crippen LogP contribution in [0.25, 0.3) is 0 Å². The number of amides is 1. The topological polar surface area (TPSA) is 120 Å². The molecule has 0 fully saturated rings. The molecule has 132 valence electrons. The van der Waals surface area contributed by atoms with E-state index in [0.717, 1.165) is 12.1 Å².